The van der Waals surface area contributed by atoms with Gasteiger partial charge in [-0.2, -0.15) is 8.42 Å². The number of aliphatic imine (C=N–C) groups is 1. The average molecular weight is 558 g/mol. The van der Waals surface area contributed by atoms with E-state index in [9.17, 15) is 22.9 Å². The third-order valence-corrected chi connectivity index (χ3v) is 9.02. The SMILES string of the molecule is CC1(C)C(/C=C2\C(=O)C(C[C@@H]3Nc4ccc(S(=O)(=O)O)cc4C3(C)C)=C2[O-])=Nc2ccc(SOOO)cc21. The van der Waals surface area contributed by atoms with Gasteiger partial charge in [0.15, 0.2) is 5.78 Å². The molecule has 3 N–H and O–H groups in total. The molecule has 2 aliphatic heterocycles. The number of Topliss-reactive ketones (excluding diaryl/α,β-unsaturated/α-hetero) is 1. The fraction of sp³-hybridized carbons (Fsp3) is 0.308. The molecule has 38 heavy (non-hydrogen) atoms. The van der Waals surface area contributed by atoms with Gasteiger partial charge in [-0.15, -0.1) is 4.33 Å². The maximum atomic E-state index is 13.1. The number of carbonyl (C=O) groups is 1. The molecule has 0 bridgehead atoms. The summed E-state index contributed by atoms with van der Waals surface area (Å²) in [6, 6.07) is 9.35. The van der Waals surface area contributed by atoms with Crippen molar-refractivity contribution in [1.29, 1.82) is 0 Å². The van der Waals surface area contributed by atoms with Crippen LogP contribution in [0.5, 0.6) is 0 Å². The third-order valence-electron chi connectivity index (χ3n) is 7.59. The minimum atomic E-state index is -4.36. The summed E-state index contributed by atoms with van der Waals surface area (Å²) < 4.78 is 37.1. The Hall–Kier alpha value is -3.00. The van der Waals surface area contributed by atoms with E-state index >= 15 is 0 Å². The van der Waals surface area contributed by atoms with Gasteiger partial charge in [-0.25, -0.2) is 5.26 Å². The van der Waals surface area contributed by atoms with Gasteiger partial charge in [-0.1, -0.05) is 38.5 Å². The van der Waals surface area contributed by atoms with Gasteiger partial charge >= 0.3 is 0 Å². The molecule has 0 fully saturated rings. The van der Waals surface area contributed by atoms with Crippen molar-refractivity contribution in [2.24, 2.45) is 4.99 Å². The highest BCUT2D eigenvalue weighted by Gasteiger charge is 2.43. The molecule has 2 heterocycles. The molecule has 12 heteroatoms. The Morgan fingerprint density at radius 2 is 1.89 bits per heavy atom. The van der Waals surface area contributed by atoms with Crippen molar-refractivity contribution in [2.45, 2.75) is 60.8 Å². The van der Waals surface area contributed by atoms with Crippen molar-refractivity contribution in [3.05, 3.63) is 70.5 Å². The van der Waals surface area contributed by atoms with Gasteiger partial charge in [0.05, 0.1) is 28.3 Å². The largest absolute Gasteiger partial charge is 0.872 e. The van der Waals surface area contributed by atoms with Crippen molar-refractivity contribution in [2.75, 3.05) is 5.32 Å². The van der Waals surface area contributed by atoms with Gasteiger partial charge in [0.25, 0.3) is 10.1 Å². The molecule has 0 unspecified atom stereocenters. The number of benzene rings is 2. The predicted octanol–water partition coefficient (Wildman–Crippen LogP) is 4.01. The molecule has 0 aromatic heterocycles. The Bertz CT molecular complexity index is 1570. The smallest absolute Gasteiger partial charge is 0.294 e. The molecular formula is C26H25N2O8S2-. The summed E-state index contributed by atoms with van der Waals surface area (Å²) >= 11 is 0.833. The van der Waals surface area contributed by atoms with Gasteiger partial charge < -0.3 is 10.4 Å². The van der Waals surface area contributed by atoms with Crippen LogP contribution in [-0.2, 0) is 35.1 Å². The highest BCUT2D eigenvalue weighted by atomic mass is 32.2. The van der Waals surface area contributed by atoms with Crippen LogP contribution >= 0.6 is 12.0 Å². The predicted molar refractivity (Wildman–Crippen MR) is 139 cm³/mol. The second kappa shape index (κ2) is 9.04. The van der Waals surface area contributed by atoms with E-state index < -0.39 is 20.9 Å². The number of nitrogens with zero attached hydrogens (tertiary/aromatic N) is 1. The minimum absolute atomic E-state index is 0.0771. The van der Waals surface area contributed by atoms with E-state index in [4.69, 9.17) is 5.26 Å². The first kappa shape index (κ1) is 26.6. The van der Waals surface area contributed by atoms with Gasteiger partial charge in [0, 0.05) is 33.0 Å². The summed E-state index contributed by atoms with van der Waals surface area (Å²) in [5.41, 5.74) is 2.59. The van der Waals surface area contributed by atoms with Gasteiger partial charge in [0.2, 0.25) is 0 Å². The Kier molecular flexibility index (Phi) is 6.33. The molecule has 2 aromatic carbocycles. The lowest BCUT2D eigenvalue weighted by Gasteiger charge is -2.36. The molecular weight excluding hydrogens is 532 g/mol. The Balaban J connectivity index is 1.38. The normalized spacial score (nSPS) is 22.2. The van der Waals surface area contributed by atoms with Gasteiger partial charge in [-0.05, 0) is 65.6 Å². The van der Waals surface area contributed by atoms with Crippen molar-refractivity contribution >= 4 is 45.0 Å². The number of hydrogen-bond donors (Lipinski definition) is 3. The number of fused-ring (bicyclic) bond motifs is 2. The highest BCUT2D eigenvalue weighted by molar-refractivity contribution is 7.94. The van der Waals surface area contributed by atoms with E-state index in [-0.39, 0.29) is 40.0 Å². The molecule has 0 radical (unpaired) electrons. The van der Waals surface area contributed by atoms with Crippen molar-refractivity contribution < 1.29 is 37.5 Å². The summed E-state index contributed by atoms with van der Waals surface area (Å²) in [5.74, 6) is -0.664. The zero-order valence-electron chi connectivity index (χ0n) is 20.9. The molecule has 1 aliphatic carbocycles. The van der Waals surface area contributed by atoms with Crippen molar-refractivity contribution in [3.8, 4) is 0 Å². The van der Waals surface area contributed by atoms with Crippen LogP contribution in [0.2, 0.25) is 0 Å². The second-order valence-electron chi connectivity index (χ2n) is 10.5. The quantitative estimate of drug-likeness (QED) is 0.149. The summed E-state index contributed by atoms with van der Waals surface area (Å²) in [7, 11) is -4.36. The molecule has 10 nitrogen and oxygen atoms in total. The summed E-state index contributed by atoms with van der Waals surface area (Å²) in [5, 5.41) is 28.4. The zero-order chi connectivity index (χ0) is 27.6. The van der Waals surface area contributed by atoms with Crippen LogP contribution in [0.25, 0.3) is 0 Å². The standard InChI is InChI=1S/C26H26N2O8S2/c1-25(2)17-9-13(37-36-35-31)5-7-19(17)27-21(25)11-15-23(29)16(24(15)30)12-22-26(3,4)18-10-14(38(32,33)34)6-8-20(18)28-22/h5-11,22,28-29,31H,12H2,1-4H3,(H,32,33,34)/p-1/b15-11-/t22-/m0/s1. The average Bonchev–Trinajstić information content (AvgIpc) is 3.26. The molecule has 0 saturated carbocycles. The van der Waals surface area contributed by atoms with E-state index in [0.29, 0.717) is 27.5 Å². The van der Waals surface area contributed by atoms with E-state index in [2.05, 4.69) is 19.7 Å². The van der Waals surface area contributed by atoms with Crippen molar-refractivity contribution in [1.82, 2.24) is 0 Å². The van der Waals surface area contributed by atoms with Crippen LogP contribution in [0.3, 0.4) is 0 Å². The minimum Gasteiger partial charge on any atom is -0.872 e. The van der Waals surface area contributed by atoms with E-state index in [1.165, 1.54) is 12.1 Å². The lowest BCUT2D eigenvalue weighted by atomic mass is 9.74. The maximum absolute atomic E-state index is 13.1. The molecule has 0 spiro atoms. The number of rotatable bonds is 7. The van der Waals surface area contributed by atoms with E-state index in [1.807, 2.05) is 33.8 Å². The van der Waals surface area contributed by atoms with Gasteiger partial charge in [0.1, 0.15) is 0 Å². The Labute approximate surface area is 223 Å². The third kappa shape index (κ3) is 4.27. The van der Waals surface area contributed by atoms with Crippen LogP contribution < -0.4 is 10.4 Å². The van der Waals surface area contributed by atoms with Crippen LogP contribution in [-0.4, -0.2) is 35.8 Å². The van der Waals surface area contributed by atoms with Crippen LogP contribution in [0.4, 0.5) is 11.4 Å². The Morgan fingerprint density at radius 3 is 2.55 bits per heavy atom. The molecule has 0 saturated heterocycles. The monoisotopic (exact) mass is 557 g/mol. The number of carbonyl (C=O) groups excluding carboxylic acids is 1. The fourth-order valence-electron chi connectivity index (χ4n) is 5.17. The number of anilines is 1. The molecule has 5 rings (SSSR count). The second-order valence-corrected chi connectivity index (χ2v) is 12.7. The molecule has 2 aromatic rings. The number of hydrogen-bond acceptors (Lipinski definition) is 10. The molecule has 1 atom stereocenters. The summed E-state index contributed by atoms with van der Waals surface area (Å²) in [6.07, 6.45) is 1.72. The van der Waals surface area contributed by atoms with Crippen molar-refractivity contribution in [3.63, 3.8) is 0 Å². The fourth-order valence-corrected chi connectivity index (χ4v) is 6.08. The van der Waals surface area contributed by atoms with E-state index in [1.54, 1.807) is 24.3 Å². The lowest BCUT2D eigenvalue weighted by Crippen LogP contribution is -2.39. The summed E-state index contributed by atoms with van der Waals surface area (Å²) in [6.45, 7) is 7.67. The number of ketones is 1. The molecule has 0 amide bonds. The lowest BCUT2D eigenvalue weighted by molar-refractivity contribution is -0.432. The van der Waals surface area contributed by atoms with Crippen LogP contribution in [0.15, 0.2) is 74.2 Å². The summed E-state index contributed by atoms with van der Waals surface area (Å²) in [4.78, 5) is 18.2. The van der Waals surface area contributed by atoms with Gasteiger partial charge in [-0.3, -0.25) is 14.3 Å². The van der Waals surface area contributed by atoms with Crippen LogP contribution in [0.1, 0.15) is 45.2 Å². The van der Waals surface area contributed by atoms with Crippen LogP contribution in [0, 0.1) is 0 Å². The number of nitrogens with one attached hydrogen (secondary N) is 1. The first-order valence-electron chi connectivity index (χ1n) is 11.7. The highest BCUT2D eigenvalue weighted by Crippen LogP contribution is 2.46. The Morgan fingerprint density at radius 1 is 1.16 bits per heavy atom. The first-order chi connectivity index (χ1) is 17.7. The zero-order valence-corrected chi connectivity index (χ0v) is 22.6. The molecule has 3 aliphatic rings. The topological polar surface area (TPSA) is 158 Å². The first-order valence-corrected chi connectivity index (χ1v) is 13.9. The molecule has 200 valence electrons. The maximum Gasteiger partial charge on any atom is 0.294 e. The van der Waals surface area contributed by atoms with E-state index in [0.717, 1.165) is 17.6 Å². The number of allylic oxidation sites excluding steroid dienone is 2.